The summed E-state index contributed by atoms with van der Waals surface area (Å²) in [6.45, 7) is 0.544. The molecule has 2 aromatic heterocycles. The number of amides is 1. The molecule has 4 nitrogen and oxygen atoms in total. The highest BCUT2D eigenvalue weighted by Gasteiger charge is 2.18. The Morgan fingerprint density at radius 1 is 0.903 bits per heavy atom. The van der Waals surface area contributed by atoms with Gasteiger partial charge in [0.05, 0.1) is 23.3 Å². The maximum Gasteiger partial charge on any atom is 0.249 e. The molecule has 2 heterocycles. The molecule has 0 radical (unpaired) electrons. The van der Waals surface area contributed by atoms with Crippen LogP contribution in [0.5, 0.6) is 0 Å². The average molecular weight is 446 g/mol. The summed E-state index contributed by atoms with van der Waals surface area (Å²) in [5.41, 5.74) is 10.6. The van der Waals surface area contributed by atoms with E-state index in [9.17, 15) is 4.79 Å². The Kier molecular flexibility index (Phi) is 4.89. The minimum absolute atomic E-state index is 0.458. The van der Waals surface area contributed by atoms with Crippen LogP contribution in [0.3, 0.4) is 0 Å². The molecule has 2 N–H and O–H groups in total. The predicted octanol–water partition coefficient (Wildman–Crippen LogP) is 6.31. The van der Waals surface area contributed by atoms with E-state index in [4.69, 9.17) is 28.9 Å². The summed E-state index contributed by atoms with van der Waals surface area (Å²) in [5.74, 6) is -0.458. The quantitative estimate of drug-likeness (QED) is 0.352. The van der Waals surface area contributed by atoms with Gasteiger partial charge in [0.15, 0.2) is 0 Å². The monoisotopic (exact) mass is 445 g/mol. The molecule has 0 bridgehead atoms. The third-order valence-corrected chi connectivity index (χ3v) is 6.08. The van der Waals surface area contributed by atoms with Gasteiger partial charge in [-0.2, -0.15) is 0 Å². The third-order valence-electron chi connectivity index (χ3n) is 5.45. The molecule has 3 aromatic carbocycles. The van der Waals surface area contributed by atoms with Gasteiger partial charge < -0.3 is 10.3 Å². The lowest BCUT2D eigenvalue weighted by Gasteiger charge is -2.10. The van der Waals surface area contributed by atoms with Gasteiger partial charge in [-0.1, -0.05) is 53.5 Å². The number of pyridine rings is 1. The van der Waals surface area contributed by atoms with Crippen LogP contribution in [0.2, 0.25) is 10.0 Å². The average Bonchev–Trinajstić information content (AvgIpc) is 3.07. The van der Waals surface area contributed by atoms with Crippen LogP contribution in [0.15, 0.2) is 79.0 Å². The van der Waals surface area contributed by atoms with E-state index in [1.54, 1.807) is 12.3 Å². The molecule has 6 heteroatoms. The Hall–Kier alpha value is -3.34. The van der Waals surface area contributed by atoms with Crippen LogP contribution in [-0.2, 0) is 6.54 Å². The molecule has 0 saturated carbocycles. The van der Waals surface area contributed by atoms with Gasteiger partial charge in [-0.15, -0.1) is 0 Å². The molecule has 0 aliphatic heterocycles. The molecule has 0 aliphatic carbocycles. The minimum Gasteiger partial charge on any atom is -0.366 e. The Balaban J connectivity index is 1.84. The normalized spacial score (nSPS) is 11.3. The molecule has 5 rings (SSSR count). The van der Waals surface area contributed by atoms with Crippen LogP contribution in [0.25, 0.3) is 32.9 Å². The lowest BCUT2D eigenvalue weighted by atomic mass is 10.0. The van der Waals surface area contributed by atoms with Gasteiger partial charge in [0.25, 0.3) is 0 Å². The van der Waals surface area contributed by atoms with Gasteiger partial charge in [0.2, 0.25) is 5.91 Å². The van der Waals surface area contributed by atoms with Crippen molar-refractivity contribution in [3.8, 4) is 11.1 Å². The van der Waals surface area contributed by atoms with Crippen molar-refractivity contribution in [2.75, 3.05) is 0 Å². The molecule has 5 aromatic rings. The van der Waals surface area contributed by atoms with Crippen LogP contribution in [-0.4, -0.2) is 15.5 Å². The molecule has 0 fully saturated rings. The fourth-order valence-corrected chi connectivity index (χ4v) is 4.72. The fourth-order valence-electron chi connectivity index (χ4n) is 4.10. The van der Waals surface area contributed by atoms with E-state index in [2.05, 4.69) is 15.6 Å². The second-order valence-electron chi connectivity index (χ2n) is 7.30. The first-order chi connectivity index (χ1) is 15.0. The van der Waals surface area contributed by atoms with Crippen molar-refractivity contribution < 1.29 is 4.79 Å². The second-order valence-corrected chi connectivity index (χ2v) is 8.11. The van der Waals surface area contributed by atoms with Gasteiger partial charge >= 0.3 is 0 Å². The van der Waals surface area contributed by atoms with E-state index in [0.717, 1.165) is 38.6 Å². The van der Waals surface area contributed by atoms with E-state index in [-0.39, 0.29) is 0 Å². The van der Waals surface area contributed by atoms with Crippen molar-refractivity contribution in [1.29, 1.82) is 0 Å². The van der Waals surface area contributed by atoms with Crippen LogP contribution in [0.4, 0.5) is 0 Å². The standard InChI is InChI=1S/C25H17Cl2N3O/c26-19-7-4-8-20(27)23(19)15-10-11-17-22(13-15)30(14-16-5-1-2-12-29-16)21-9-3-6-18(24(17)21)25(28)31/h1-13H,14H2,(H2,28,31). The summed E-state index contributed by atoms with van der Waals surface area (Å²) < 4.78 is 2.15. The van der Waals surface area contributed by atoms with Gasteiger partial charge in [-0.25, -0.2) is 0 Å². The number of carbonyl (C=O) groups is 1. The highest BCUT2D eigenvalue weighted by atomic mass is 35.5. The Morgan fingerprint density at radius 2 is 1.68 bits per heavy atom. The number of nitrogens with two attached hydrogens (primary N) is 1. The number of rotatable bonds is 4. The Labute approximate surface area is 188 Å². The van der Waals surface area contributed by atoms with E-state index < -0.39 is 5.91 Å². The lowest BCUT2D eigenvalue weighted by molar-refractivity contribution is 0.100. The van der Waals surface area contributed by atoms with Crippen LogP contribution >= 0.6 is 23.2 Å². The molecule has 0 unspecified atom stereocenters. The number of benzene rings is 3. The molecule has 0 atom stereocenters. The zero-order valence-electron chi connectivity index (χ0n) is 16.3. The molecular weight excluding hydrogens is 429 g/mol. The number of hydrogen-bond acceptors (Lipinski definition) is 2. The maximum atomic E-state index is 12.2. The number of nitrogens with zero attached hydrogens (tertiary/aromatic N) is 2. The SMILES string of the molecule is NC(=O)c1cccc2c1c1ccc(-c3c(Cl)cccc3Cl)cc1n2Cc1ccccn1. The zero-order chi connectivity index (χ0) is 21.5. The first kappa shape index (κ1) is 19.6. The number of halogens is 2. The Bertz CT molecular complexity index is 1440. The molecule has 1 amide bonds. The molecule has 152 valence electrons. The first-order valence-electron chi connectivity index (χ1n) is 9.73. The summed E-state index contributed by atoms with van der Waals surface area (Å²) in [4.78, 5) is 16.6. The second kappa shape index (κ2) is 7.73. The van der Waals surface area contributed by atoms with Gasteiger partial charge in [-0.05, 0) is 48.0 Å². The van der Waals surface area contributed by atoms with Crippen LogP contribution in [0.1, 0.15) is 16.1 Å². The van der Waals surface area contributed by atoms with Crippen molar-refractivity contribution in [2.45, 2.75) is 6.54 Å². The van der Waals surface area contributed by atoms with Crippen molar-refractivity contribution in [3.05, 3.63) is 100 Å². The van der Waals surface area contributed by atoms with Crippen molar-refractivity contribution >= 4 is 50.9 Å². The smallest absolute Gasteiger partial charge is 0.249 e. The number of fused-ring (bicyclic) bond motifs is 3. The van der Waals surface area contributed by atoms with Crippen molar-refractivity contribution in [1.82, 2.24) is 9.55 Å². The van der Waals surface area contributed by atoms with E-state index in [1.807, 2.05) is 60.7 Å². The summed E-state index contributed by atoms with van der Waals surface area (Å²) >= 11 is 12.9. The summed E-state index contributed by atoms with van der Waals surface area (Å²) in [6, 6.07) is 22.9. The molecule has 31 heavy (non-hydrogen) atoms. The van der Waals surface area contributed by atoms with E-state index in [0.29, 0.717) is 22.2 Å². The van der Waals surface area contributed by atoms with Crippen molar-refractivity contribution in [3.63, 3.8) is 0 Å². The van der Waals surface area contributed by atoms with Gasteiger partial charge in [0.1, 0.15) is 0 Å². The van der Waals surface area contributed by atoms with Crippen LogP contribution < -0.4 is 5.73 Å². The number of hydrogen-bond donors (Lipinski definition) is 1. The number of carbonyl (C=O) groups excluding carboxylic acids is 1. The van der Waals surface area contributed by atoms with E-state index >= 15 is 0 Å². The molecule has 0 aliphatic rings. The minimum atomic E-state index is -0.458. The van der Waals surface area contributed by atoms with E-state index in [1.165, 1.54) is 0 Å². The lowest BCUT2D eigenvalue weighted by Crippen LogP contribution is -2.11. The first-order valence-corrected chi connectivity index (χ1v) is 10.5. The largest absolute Gasteiger partial charge is 0.366 e. The predicted molar refractivity (Wildman–Crippen MR) is 127 cm³/mol. The van der Waals surface area contributed by atoms with Crippen molar-refractivity contribution in [2.24, 2.45) is 5.73 Å². The molecule has 0 saturated heterocycles. The number of aromatic nitrogens is 2. The summed E-state index contributed by atoms with van der Waals surface area (Å²) in [5, 5.41) is 2.93. The highest BCUT2D eigenvalue weighted by Crippen LogP contribution is 2.39. The number of primary amides is 1. The molecule has 0 spiro atoms. The summed E-state index contributed by atoms with van der Waals surface area (Å²) in [6.07, 6.45) is 1.77. The fraction of sp³-hybridized carbons (Fsp3) is 0.0400. The van der Waals surface area contributed by atoms with Crippen LogP contribution in [0, 0.1) is 0 Å². The molecular formula is C25H17Cl2N3O. The van der Waals surface area contributed by atoms with Gasteiger partial charge in [-0.3, -0.25) is 9.78 Å². The zero-order valence-corrected chi connectivity index (χ0v) is 17.9. The topological polar surface area (TPSA) is 60.9 Å². The summed E-state index contributed by atoms with van der Waals surface area (Å²) in [7, 11) is 0. The maximum absolute atomic E-state index is 12.2. The third kappa shape index (κ3) is 3.34. The highest BCUT2D eigenvalue weighted by molar-refractivity contribution is 6.39. The Morgan fingerprint density at radius 3 is 2.39 bits per heavy atom. The van der Waals surface area contributed by atoms with Gasteiger partial charge in [0, 0.05) is 38.1 Å².